The van der Waals surface area contributed by atoms with Crippen molar-refractivity contribution in [1.82, 2.24) is 15.3 Å². The maximum absolute atomic E-state index is 11.7. The Kier molecular flexibility index (Phi) is 5.26. The first kappa shape index (κ1) is 15.7. The highest BCUT2D eigenvalue weighted by Crippen LogP contribution is 2.23. The van der Waals surface area contributed by atoms with Crippen molar-refractivity contribution >= 4 is 11.9 Å². The van der Waals surface area contributed by atoms with Crippen LogP contribution in [-0.4, -0.2) is 43.2 Å². The summed E-state index contributed by atoms with van der Waals surface area (Å²) >= 11 is 0. The Morgan fingerprint density at radius 1 is 1.27 bits per heavy atom. The van der Waals surface area contributed by atoms with Crippen LogP contribution in [0.15, 0.2) is 30.3 Å². The van der Waals surface area contributed by atoms with Crippen LogP contribution in [0.25, 0.3) is 11.3 Å². The lowest BCUT2D eigenvalue weighted by atomic mass is 10.1. The summed E-state index contributed by atoms with van der Waals surface area (Å²) in [6.45, 7) is 0.959. The number of aromatic nitrogens is 2. The van der Waals surface area contributed by atoms with Gasteiger partial charge in [0.25, 0.3) is 5.91 Å². The monoisotopic (exact) mass is 302 g/mol. The number of rotatable bonds is 6. The van der Waals surface area contributed by atoms with Crippen LogP contribution in [-0.2, 0) is 4.74 Å². The number of hydrogen-bond acceptors (Lipinski definition) is 6. The first-order valence-electron chi connectivity index (χ1n) is 6.73. The number of nitrogens with one attached hydrogen (secondary N) is 1. The Morgan fingerprint density at radius 2 is 2.09 bits per heavy atom. The normalized spacial score (nSPS) is 10.3. The average molecular weight is 302 g/mol. The predicted molar refractivity (Wildman–Crippen MR) is 82.6 cm³/mol. The van der Waals surface area contributed by atoms with Crippen molar-refractivity contribution in [3.63, 3.8) is 0 Å². The number of hydrogen-bond donors (Lipinski definition) is 2. The Labute approximate surface area is 128 Å². The lowest BCUT2D eigenvalue weighted by molar-refractivity contribution is 0.0958. The van der Waals surface area contributed by atoms with E-state index in [-0.39, 0.29) is 17.5 Å². The third kappa shape index (κ3) is 3.92. The van der Waals surface area contributed by atoms with Crippen molar-refractivity contribution in [1.29, 1.82) is 0 Å². The molecule has 0 saturated carbocycles. The van der Waals surface area contributed by atoms with E-state index < -0.39 is 0 Å². The van der Waals surface area contributed by atoms with Crippen molar-refractivity contribution in [2.45, 2.75) is 0 Å². The second kappa shape index (κ2) is 7.37. The first-order chi connectivity index (χ1) is 10.6. The molecular weight excluding hydrogens is 284 g/mol. The second-order valence-electron chi connectivity index (χ2n) is 4.44. The molecule has 0 fully saturated rings. The molecule has 0 spiro atoms. The molecule has 1 heterocycles. The Morgan fingerprint density at radius 3 is 2.82 bits per heavy atom. The standard InChI is InChI=1S/C15H18N4O3/c1-17-14(20)13-9-12(18-15(16)19-13)10-4-3-5-11(8-10)22-7-6-21-2/h3-5,8-9H,6-7H2,1-2H3,(H,17,20)(H2,16,18,19). The summed E-state index contributed by atoms with van der Waals surface area (Å²) in [7, 11) is 3.15. The van der Waals surface area contributed by atoms with Gasteiger partial charge < -0.3 is 20.5 Å². The molecule has 2 aromatic rings. The molecule has 0 bridgehead atoms. The van der Waals surface area contributed by atoms with Gasteiger partial charge in [-0.25, -0.2) is 9.97 Å². The summed E-state index contributed by atoms with van der Waals surface area (Å²) in [5.41, 5.74) is 7.24. The number of nitrogen functional groups attached to an aromatic ring is 1. The fourth-order valence-electron chi connectivity index (χ4n) is 1.85. The molecule has 2 rings (SSSR count). The van der Waals surface area contributed by atoms with Gasteiger partial charge in [-0.05, 0) is 18.2 Å². The lowest BCUT2D eigenvalue weighted by Crippen LogP contribution is -2.20. The maximum Gasteiger partial charge on any atom is 0.269 e. The fraction of sp³-hybridized carbons (Fsp3) is 0.267. The van der Waals surface area contributed by atoms with E-state index in [9.17, 15) is 4.79 Å². The first-order valence-corrected chi connectivity index (χ1v) is 6.73. The number of benzene rings is 1. The van der Waals surface area contributed by atoms with Crippen LogP contribution in [0.2, 0.25) is 0 Å². The molecule has 0 aliphatic carbocycles. The van der Waals surface area contributed by atoms with E-state index >= 15 is 0 Å². The summed E-state index contributed by atoms with van der Waals surface area (Å²) in [5, 5.41) is 2.51. The zero-order valence-electron chi connectivity index (χ0n) is 12.5. The van der Waals surface area contributed by atoms with Crippen molar-refractivity contribution in [3.8, 4) is 17.0 Å². The molecule has 116 valence electrons. The number of methoxy groups -OCH3 is 1. The maximum atomic E-state index is 11.7. The lowest BCUT2D eigenvalue weighted by Gasteiger charge is -2.08. The molecule has 1 aromatic carbocycles. The van der Waals surface area contributed by atoms with Gasteiger partial charge in [-0.2, -0.15) is 0 Å². The van der Waals surface area contributed by atoms with E-state index in [0.29, 0.717) is 24.7 Å². The highest BCUT2D eigenvalue weighted by molar-refractivity contribution is 5.93. The van der Waals surface area contributed by atoms with Gasteiger partial charge in [0, 0.05) is 19.7 Å². The third-order valence-electron chi connectivity index (χ3n) is 2.89. The van der Waals surface area contributed by atoms with Crippen molar-refractivity contribution in [2.24, 2.45) is 0 Å². The molecule has 0 saturated heterocycles. The van der Waals surface area contributed by atoms with Crippen LogP contribution in [0.5, 0.6) is 5.75 Å². The summed E-state index contributed by atoms with van der Waals surface area (Å²) < 4.78 is 10.5. The topological polar surface area (TPSA) is 99.4 Å². The minimum Gasteiger partial charge on any atom is -0.491 e. The summed E-state index contributed by atoms with van der Waals surface area (Å²) in [6, 6.07) is 8.95. The number of carbonyl (C=O) groups excluding carboxylic acids is 1. The van der Waals surface area contributed by atoms with Gasteiger partial charge in [0.1, 0.15) is 18.1 Å². The van der Waals surface area contributed by atoms with Crippen molar-refractivity contribution < 1.29 is 14.3 Å². The number of nitrogens with zero attached hydrogens (tertiary/aromatic N) is 2. The molecular formula is C15H18N4O3. The van der Waals surface area contributed by atoms with E-state index in [0.717, 1.165) is 5.56 Å². The Balaban J connectivity index is 2.29. The van der Waals surface area contributed by atoms with Gasteiger partial charge in [-0.3, -0.25) is 4.79 Å². The van der Waals surface area contributed by atoms with E-state index in [2.05, 4.69) is 15.3 Å². The molecule has 1 amide bonds. The van der Waals surface area contributed by atoms with Gasteiger partial charge in [0.05, 0.1) is 12.3 Å². The molecule has 0 aliphatic rings. The molecule has 0 unspecified atom stereocenters. The largest absolute Gasteiger partial charge is 0.491 e. The van der Waals surface area contributed by atoms with Gasteiger partial charge >= 0.3 is 0 Å². The highest BCUT2D eigenvalue weighted by atomic mass is 16.5. The molecule has 0 atom stereocenters. The second-order valence-corrected chi connectivity index (χ2v) is 4.44. The third-order valence-corrected chi connectivity index (χ3v) is 2.89. The zero-order valence-corrected chi connectivity index (χ0v) is 12.5. The fourth-order valence-corrected chi connectivity index (χ4v) is 1.85. The molecule has 0 aliphatic heterocycles. The molecule has 7 nitrogen and oxygen atoms in total. The zero-order chi connectivity index (χ0) is 15.9. The SMILES string of the molecule is CNC(=O)c1cc(-c2cccc(OCCOC)c2)nc(N)n1. The van der Waals surface area contributed by atoms with E-state index in [4.69, 9.17) is 15.2 Å². The summed E-state index contributed by atoms with van der Waals surface area (Å²) in [6.07, 6.45) is 0. The molecule has 0 radical (unpaired) electrons. The minimum absolute atomic E-state index is 0.0433. The minimum atomic E-state index is -0.317. The average Bonchev–Trinajstić information content (AvgIpc) is 2.54. The van der Waals surface area contributed by atoms with Crippen LogP contribution in [0.4, 0.5) is 5.95 Å². The van der Waals surface area contributed by atoms with Crippen LogP contribution in [0.1, 0.15) is 10.5 Å². The van der Waals surface area contributed by atoms with Crippen molar-refractivity contribution in [3.05, 3.63) is 36.0 Å². The Bertz CT molecular complexity index is 661. The number of anilines is 1. The molecule has 1 aromatic heterocycles. The summed E-state index contributed by atoms with van der Waals surface area (Å²) in [4.78, 5) is 19.8. The van der Waals surface area contributed by atoms with Crippen molar-refractivity contribution in [2.75, 3.05) is 33.1 Å². The quantitative estimate of drug-likeness (QED) is 0.775. The number of amides is 1. The number of ether oxygens (including phenoxy) is 2. The van der Waals surface area contributed by atoms with E-state index in [1.54, 1.807) is 13.2 Å². The van der Waals surface area contributed by atoms with Crippen LogP contribution in [0.3, 0.4) is 0 Å². The molecule has 3 N–H and O–H groups in total. The predicted octanol–water partition coefficient (Wildman–Crippen LogP) is 1.11. The smallest absolute Gasteiger partial charge is 0.269 e. The number of nitrogens with two attached hydrogens (primary N) is 1. The van der Waals surface area contributed by atoms with E-state index in [1.165, 1.54) is 7.05 Å². The Hall–Kier alpha value is -2.67. The highest BCUT2D eigenvalue weighted by Gasteiger charge is 2.11. The van der Waals surface area contributed by atoms with Gasteiger partial charge in [-0.1, -0.05) is 12.1 Å². The van der Waals surface area contributed by atoms with Crippen LogP contribution in [0, 0.1) is 0 Å². The molecule has 22 heavy (non-hydrogen) atoms. The summed E-state index contributed by atoms with van der Waals surface area (Å²) in [5.74, 6) is 0.415. The van der Waals surface area contributed by atoms with E-state index in [1.807, 2.05) is 24.3 Å². The molecule has 7 heteroatoms. The van der Waals surface area contributed by atoms with Crippen LogP contribution < -0.4 is 15.8 Å². The number of carbonyl (C=O) groups is 1. The van der Waals surface area contributed by atoms with Crippen LogP contribution >= 0.6 is 0 Å². The van der Waals surface area contributed by atoms with Gasteiger partial charge in [-0.15, -0.1) is 0 Å². The van der Waals surface area contributed by atoms with Gasteiger partial charge in [0.15, 0.2) is 0 Å². The van der Waals surface area contributed by atoms with Gasteiger partial charge in [0.2, 0.25) is 5.95 Å².